The van der Waals surface area contributed by atoms with Gasteiger partial charge in [-0.15, -0.1) is 0 Å². The Morgan fingerprint density at radius 3 is 2.31 bits per heavy atom. The number of amides is 3. The summed E-state index contributed by atoms with van der Waals surface area (Å²) in [4.78, 5) is 44.2. The Balaban J connectivity index is 1.44. The van der Waals surface area contributed by atoms with Crippen LogP contribution in [-0.4, -0.2) is 64.6 Å². The molecule has 0 N–H and O–H groups in total. The van der Waals surface area contributed by atoms with Crippen LogP contribution in [0.3, 0.4) is 0 Å². The summed E-state index contributed by atoms with van der Waals surface area (Å²) in [6.07, 6.45) is 4.41. The van der Waals surface area contributed by atoms with Crippen LogP contribution in [0.2, 0.25) is 0 Å². The van der Waals surface area contributed by atoms with Gasteiger partial charge in [0.25, 0.3) is 0 Å². The van der Waals surface area contributed by atoms with Gasteiger partial charge in [-0.2, -0.15) is 0 Å². The van der Waals surface area contributed by atoms with Gasteiger partial charge >= 0.3 is 0 Å². The van der Waals surface area contributed by atoms with Crippen LogP contribution in [0, 0.1) is 17.8 Å². The van der Waals surface area contributed by atoms with Gasteiger partial charge in [-0.05, 0) is 36.7 Å². The molecule has 3 aliphatic heterocycles. The quantitative estimate of drug-likeness (QED) is 0.770. The number of likely N-dealkylation sites (tertiary alicyclic amines) is 1. The zero-order chi connectivity index (χ0) is 20.1. The third-order valence-corrected chi connectivity index (χ3v) is 7.59. The third-order valence-electron chi connectivity index (χ3n) is 7.59. The molecule has 29 heavy (non-hydrogen) atoms. The van der Waals surface area contributed by atoms with Crippen LogP contribution >= 0.6 is 0 Å². The van der Waals surface area contributed by atoms with Crippen LogP contribution < -0.4 is 0 Å². The molecule has 0 radical (unpaired) electrons. The molecule has 6 heteroatoms. The summed E-state index contributed by atoms with van der Waals surface area (Å²) in [6.45, 7) is 3.90. The molecule has 0 spiro atoms. The van der Waals surface area contributed by atoms with Crippen molar-refractivity contribution in [3.8, 4) is 0 Å². The van der Waals surface area contributed by atoms with E-state index >= 15 is 0 Å². The Morgan fingerprint density at radius 2 is 1.66 bits per heavy atom. The summed E-state index contributed by atoms with van der Waals surface area (Å²) in [7, 11) is 0. The summed E-state index contributed by atoms with van der Waals surface area (Å²) in [5, 5.41) is 0. The number of rotatable bonds is 2. The first-order valence-corrected chi connectivity index (χ1v) is 10.9. The molecule has 4 fully saturated rings. The summed E-state index contributed by atoms with van der Waals surface area (Å²) in [5.74, 6) is 1.18. The van der Waals surface area contributed by atoms with Crippen LogP contribution in [0.1, 0.15) is 44.2 Å². The van der Waals surface area contributed by atoms with Crippen molar-refractivity contribution < 1.29 is 14.4 Å². The molecular weight excluding hydrogens is 366 g/mol. The lowest BCUT2D eigenvalue weighted by Crippen LogP contribution is -2.55. The maximum absolute atomic E-state index is 13.6. The second-order valence-corrected chi connectivity index (χ2v) is 9.25. The molecule has 6 nitrogen and oxygen atoms in total. The molecule has 1 saturated carbocycles. The van der Waals surface area contributed by atoms with E-state index in [1.54, 1.807) is 4.90 Å². The molecule has 0 unspecified atom stereocenters. The highest BCUT2D eigenvalue weighted by Gasteiger charge is 2.52. The van der Waals surface area contributed by atoms with Crippen molar-refractivity contribution in [2.24, 2.45) is 17.8 Å². The van der Waals surface area contributed by atoms with E-state index in [2.05, 4.69) is 4.90 Å². The maximum Gasteiger partial charge on any atom is 0.243 e. The molecule has 0 aromatic heterocycles. The molecule has 1 aromatic rings. The van der Waals surface area contributed by atoms with E-state index in [1.807, 2.05) is 35.2 Å². The summed E-state index contributed by atoms with van der Waals surface area (Å²) in [5.41, 5.74) is 1.03. The van der Waals surface area contributed by atoms with Crippen molar-refractivity contribution in [2.45, 2.75) is 44.7 Å². The second-order valence-electron chi connectivity index (χ2n) is 9.25. The topological polar surface area (TPSA) is 60.9 Å². The van der Waals surface area contributed by atoms with Gasteiger partial charge in [0.2, 0.25) is 17.7 Å². The number of nitrogens with zero attached hydrogens (tertiary/aromatic N) is 3. The minimum absolute atomic E-state index is 0.0427. The number of carbonyl (C=O) groups excluding carboxylic acids is 3. The second kappa shape index (κ2) is 7.15. The number of hydrogen-bond acceptors (Lipinski definition) is 3. The molecule has 5 atom stereocenters. The lowest BCUT2D eigenvalue weighted by Gasteiger charge is -2.40. The fraction of sp³-hybridized carbons (Fsp3) is 0.609. The smallest absolute Gasteiger partial charge is 0.243 e. The molecule has 1 aromatic carbocycles. The molecular formula is C23H29N3O3. The Kier molecular flexibility index (Phi) is 4.60. The van der Waals surface area contributed by atoms with Gasteiger partial charge in [0, 0.05) is 26.6 Å². The molecule has 3 heterocycles. The summed E-state index contributed by atoms with van der Waals surface area (Å²) >= 11 is 0. The van der Waals surface area contributed by atoms with Crippen molar-refractivity contribution in [1.82, 2.24) is 14.7 Å². The molecule has 5 rings (SSSR count). The van der Waals surface area contributed by atoms with Crippen molar-refractivity contribution in [2.75, 3.05) is 26.2 Å². The minimum Gasteiger partial charge on any atom is -0.342 e. The lowest BCUT2D eigenvalue weighted by molar-refractivity contribution is -0.148. The number of hydrogen-bond donors (Lipinski definition) is 0. The average molecular weight is 396 g/mol. The van der Waals surface area contributed by atoms with Crippen molar-refractivity contribution in [3.63, 3.8) is 0 Å². The molecule has 4 aliphatic rings. The van der Waals surface area contributed by atoms with Crippen LogP contribution in [0.5, 0.6) is 0 Å². The normalized spacial score (nSPS) is 33.8. The first kappa shape index (κ1) is 18.6. The minimum atomic E-state index is -0.226. The SMILES string of the molecule is CC(=O)N1CC(=O)N2[C@@H](C[C@H](C(=O)N3C[C@H]4CCC[C@H]4C3)[C@@H]2c2ccccc2)C1. The van der Waals surface area contributed by atoms with Gasteiger partial charge in [0.15, 0.2) is 0 Å². The van der Waals surface area contributed by atoms with Crippen LogP contribution in [-0.2, 0) is 14.4 Å². The highest BCUT2D eigenvalue weighted by molar-refractivity contribution is 5.88. The van der Waals surface area contributed by atoms with Crippen molar-refractivity contribution in [3.05, 3.63) is 35.9 Å². The largest absolute Gasteiger partial charge is 0.342 e. The highest BCUT2D eigenvalue weighted by Crippen LogP contribution is 2.45. The fourth-order valence-electron chi connectivity index (χ4n) is 6.21. The zero-order valence-corrected chi connectivity index (χ0v) is 17.0. The number of piperazine rings is 1. The Hall–Kier alpha value is -2.37. The maximum atomic E-state index is 13.6. The van der Waals surface area contributed by atoms with Crippen LogP contribution in [0.4, 0.5) is 0 Å². The molecule has 3 saturated heterocycles. The first-order valence-electron chi connectivity index (χ1n) is 10.9. The summed E-state index contributed by atoms with van der Waals surface area (Å²) in [6, 6.07) is 9.65. The standard InChI is InChI=1S/C23H29N3O3/c1-15(27)24-13-19-10-20(23(29)25-11-17-8-5-9-18(17)12-25)22(26(19)21(28)14-24)16-6-3-2-4-7-16/h2-4,6-7,17-20,22H,5,8-14H2,1H3/t17-,18+,19-,20-,22-/m0/s1. The Morgan fingerprint density at radius 1 is 0.966 bits per heavy atom. The predicted molar refractivity (Wildman–Crippen MR) is 108 cm³/mol. The van der Waals surface area contributed by atoms with Gasteiger partial charge in [0.05, 0.1) is 24.5 Å². The first-order chi connectivity index (χ1) is 14.0. The van der Waals surface area contributed by atoms with Crippen LogP contribution in [0.15, 0.2) is 30.3 Å². The van der Waals surface area contributed by atoms with Crippen molar-refractivity contribution >= 4 is 17.7 Å². The molecule has 1 aliphatic carbocycles. The highest BCUT2D eigenvalue weighted by atomic mass is 16.2. The van der Waals surface area contributed by atoms with E-state index in [0.29, 0.717) is 24.8 Å². The molecule has 154 valence electrons. The van der Waals surface area contributed by atoms with E-state index in [1.165, 1.54) is 26.2 Å². The van der Waals surface area contributed by atoms with Crippen LogP contribution in [0.25, 0.3) is 0 Å². The molecule has 3 amide bonds. The van der Waals surface area contributed by atoms with Gasteiger partial charge in [-0.3, -0.25) is 14.4 Å². The third kappa shape index (κ3) is 3.13. The lowest BCUT2D eigenvalue weighted by atomic mass is 9.91. The summed E-state index contributed by atoms with van der Waals surface area (Å²) < 4.78 is 0. The van der Waals surface area contributed by atoms with E-state index in [0.717, 1.165) is 18.7 Å². The van der Waals surface area contributed by atoms with E-state index in [-0.39, 0.29) is 42.3 Å². The van der Waals surface area contributed by atoms with E-state index in [9.17, 15) is 14.4 Å². The predicted octanol–water partition coefficient (Wildman–Crippen LogP) is 2.07. The van der Waals surface area contributed by atoms with Gasteiger partial charge in [-0.25, -0.2) is 0 Å². The number of benzene rings is 1. The van der Waals surface area contributed by atoms with Gasteiger partial charge in [-0.1, -0.05) is 36.8 Å². The number of carbonyl (C=O) groups is 3. The molecule has 0 bridgehead atoms. The fourth-order valence-corrected chi connectivity index (χ4v) is 6.21. The Labute approximate surface area is 171 Å². The zero-order valence-electron chi connectivity index (χ0n) is 17.0. The van der Waals surface area contributed by atoms with E-state index in [4.69, 9.17) is 0 Å². The van der Waals surface area contributed by atoms with Crippen molar-refractivity contribution in [1.29, 1.82) is 0 Å². The number of fused-ring (bicyclic) bond motifs is 2. The Bertz CT molecular complexity index is 814. The van der Waals surface area contributed by atoms with Gasteiger partial charge < -0.3 is 14.7 Å². The average Bonchev–Trinajstić information content (AvgIpc) is 3.40. The monoisotopic (exact) mass is 395 g/mol. The van der Waals surface area contributed by atoms with Gasteiger partial charge in [0.1, 0.15) is 0 Å². The van der Waals surface area contributed by atoms with E-state index < -0.39 is 0 Å².